The van der Waals surface area contributed by atoms with Crippen molar-refractivity contribution < 1.29 is 8.81 Å². The molecule has 0 saturated heterocycles. The molecule has 0 atom stereocenters. The maximum Gasteiger partial charge on any atom is 0.322 e. The van der Waals surface area contributed by atoms with Crippen molar-refractivity contribution in [2.24, 2.45) is 0 Å². The summed E-state index contributed by atoms with van der Waals surface area (Å²) in [7, 11) is 0. The molecule has 0 fully saturated rings. The molecule has 1 aromatic heterocycles. The fraction of sp³-hybridized carbons (Fsp3) is 0.429. The Morgan fingerprint density at radius 1 is 1.40 bits per heavy atom. The van der Waals surface area contributed by atoms with Gasteiger partial charge in [0.2, 0.25) is 5.89 Å². The Morgan fingerprint density at radius 2 is 2.25 bits per heavy atom. The molecule has 1 aliphatic rings. The summed E-state index contributed by atoms with van der Waals surface area (Å²) in [6.07, 6.45) is 0.859. The summed E-state index contributed by atoms with van der Waals surface area (Å²) in [4.78, 5) is 1.87. The maximum absolute atomic E-state index is 13.4. The molecule has 3 rings (SSSR count). The summed E-state index contributed by atoms with van der Waals surface area (Å²) in [5.41, 5.74) is 1.92. The van der Waals surface area contributed by atoms with Crippen LogP contribution in [0.4, 0.5) is 16.1 Å². The highest BCUT2D eigenvalue weighted by Crippen LogP contribution is 2.34. The van der Waals surface area contributed by atoms with E-state index in [0.29, 0.717) is 24.5 Å². The predicted molar refractivity (Wildman–Crippen MR) is 73.4 cm³/mol. The molecule has 0 unspecified atom stereocenters. The van der Waals surface area contributed by atoms with Crippen LogP contribution >= 0.6 is 0 Å². The Bertz CT molecular complexity index is 611. The summed E-state index contributed by atoms with van der Waals surface area (Å²) >= 11 is 0. The van der Waals surface area contributed by atoms with E-state index in [-0.39, 0.29) is 5.82 Å². The van der Waals surface area contributed by atoms with Crippen molar-refractivity contribution >= 4 is 11.7 Å². The van der Waals surface area contributed by atoms with Gasteiger partial charge >= 0.3 is 6.01 Å². The average molecular weight is 276 g/mol. The smallest absolute Gasteiger partial charge is 0.322 e. The number of benzene rings is 1. The SMILES string of the molecule is CC(C)NCc1nnc(N2CCc3ccc(F)cc32)o1. The van der Waals surface area contributed by atoms with Crippen LogP contribution in [0.5, 0.6) is 0 Å². The van der Waals surface area contributed by atoms with Crippen LogP contribution in [0.3, 0.4) is 0 Å². The normalized spacial score (nSPS) is 14.1. The van der Waals surface area contributed by atoms with Gasteiger partial charge in [0, 0.05) is 12.6 Å². The highest BCUT2D eigenvalue weighted by Gasteiger charge is 2.25. The number of fused-ring (bicyclic) bond motifs is 1. The second-order valence-corrected chi connectivity index (χ2v) is 5.19. The van der Waals surface area contributed by atoms with Crippen LogP contribution in [0.15, 0.2) is 22.6 Å². The van der Waals surface area contributed by atoms with Crippen LogP contribution in [0.2, 0.25) is 0 Å². The molecule has 0 spiro atoms. The Balaban J connectivity index is 1.80. The van der Waals surface area contributed by atoms with Gasteiger partial charge in [0.25, 0.3) is 0 Å². The van der Waals surface area contributed by atoms with Crippen LogP contribution in [-0.4, -0.2) is 22.8 Å². The second-order valence-electron chi connectivity index (χ2n) is 5.19. The highest BCUT2D eigenvalue weighted by atomic mass is 19.1. The summed E-state index contributed by atoms with van der Waals surface area (Å²) < 4.78 is 19.0. The van der Waals surface area contributed by atoms with Crippen molar-refractivity contribution in [3.63, 3.8) is 0 Å². The maximum atomic E-state index is 13.4. The van der Waals surface area contributed by atoms with Crippen LogP contribution in [0.25, 0.3) is 0 Å². The lowest BCUT2D eigenvalue weighted by molar-refractivity contribution is 0.453. The third-order valence-electron chi connectivity index (χ3n) is 3.29. The van der Waals surface area contributed by atoms with Gasteiger partial charge in [-0.05, 0) is 24.1 Å². The van der Waals surface area contributed by atoms with Crippen LogP contribution in [0, 0.1) is 5.82 Å². The van der Waals surface area contributed by atoms with E-state index in [1.807, 2.05) is 11.0 Å². The van der Waals surface area contributed by atoms with Crippen molar-refractivity contribution in [1.29, 1.82) is 0 Å². The van der Waals surface area contributed by atoms with Crippen molar-refractivity contribution in [2.75, 3.05) is 11.4 Å². The Hall–Kier alpha value is -1.95. The lowest BCUT2D eigenvalue weighted by atomic mass is 10.2. The first kappa shape index (κ1) is 13.1. The summed E-state index contributed by atoms with van der Waals surface area (Å²) in [6, 6.07) is 5.58. The van der Waals surface area contributed by atoms with Crippen molar-refractivity contribution in [1.82, 2.24) is 15.5 Å². The van der Waals surface area contributed by atoms with E-state index in [0.717, 1.165) is 24.2 Å². The van der Waals surface area contributed by atoms with Gasteiger partial charge in [-0.2, -0.15) is 0 Å². The van der Waals surface area contributed by atoms with Crippen molar-refractivity contribution in [3.05, 3.63) is 35.5 Å². The third-order valence-corrected chi connectivity index (χ3v) is 3.29. The summed E-state index contributed by atoms with van der Waals surface area (Å²) in [6.45, 7) is 5.38. The van der Waals surface area contributed by atoms with Gasteiger partial charge in [-0.3, -0.25) is 4.90 Å². The minimum Gasteiger partial charge on any atom is -0.406 e. The molecule has 1 N–H and O–H groups in total. The number of halogens is 1. The van der Waals surface area contributed by atoms with Crippen LogP contribution in [-0.2, 0) is 13.0 Å². The monoisotopic (exact) mass is 276 g/mol. The fourth-order valence-electron chi connectivity index (χ4n) is 2.27. The van der Waals surface area contributed by atoms with E-state index in [4.69, 9.17) is 4.42 Å². The highest BCUT2D eigenvalue weighted by molar-refractivity contribution is 5.64. The van der Waals surface area contributed by atoms with Crippen LogP contribution in [0.1, 0.15) is 25.3 Å². The van der Waals surface area contributed by atoms with Gasteiger partial charge in [0.1, 0.15) is 5.82 Å². The molecular formula is C14H17FN4O. The lowest BCUT2D eigenvalue weighted by Crippen LogP contribution is -2.21. The van der Waals surface area contributed by atoms with E-state index < -0.39 is 0 Å². The van der Waals surface area contributed by atoms with E-state index in [9.17, 15) is 4.39 Å². The van der Waals surface area contributed by atoms with Crippen molar-refractivity contribution in [2.45, 2.75) is 32.9 Å². The number of nitrogens with zero attached hydrogens (tertiary/aromatic N) is 3. The second kappa shape index (κ2) is 5.20. The summed E-state index contributed by atoms with van der Waals surface area (Å²) in [5, 5.41) is 11.3. The molecule has 106 valence electrons. The van der Waals surface area contributed by atoms with Gasteiger partial charge in [-0.1, -0.05) is 25.0 Å². The van der Waals surface area contributed by atoms with E-state index in [1.54, 1.807) is 0 Å². The molecule has 0 aliphatic carbocycles. The Labute approximate surface area is 116 Å². The summed E-state index contributed by atoms with van der Waals surface area (Å²) in [5.74, 6) is 0.287. The zero-order chi connectivity index (χ0) is 14.1. The number of nitrogens with one attached hydrogen (secondary N) is 1. The van der Waals surface area contributed by atoms with E-state index in [2.05, 4.69) is 29.4 Å². The van der Waals surface area contributed by atoms with Gasteiger partial charge in [-0.25, -0.2) is 4.39 Å². The molecule has 1 aliphatic heterocycles. The molecule has 5 nitrogen and oxygen atoms in total. The van der Waals surface area contributed by atoms with Crippen LogP contribution < -0.4 is 10.2 Å². The molecule has 2 aromatic rings. The van der Waals surface area contributed by atoms with E-state index >= 15 is 0 Å². The first-order valence-corrected chi connectivity index (χ1v) is 6.75. The van der Waals surface area contributed by atoms with Gasteiger partial charge < -0.3 is 9.73 Å². The Kier molecular flexibility index (Phi) is 3.40. The van der Waals surface area contributed by atoms with Gasteiger partial charge in [0.15, 0.2) is 0 Å². The number of rotatable bonds is 4. The largest absolute Gasteiger partial charge is 0.406 e. The molecule has 2 heterocycles. The topological polar surface area (TPSA) is 54.2 Å². The number of anilines is 2. The minimum absolute atomic E-state index is 0.253. The molecule has 20 heavy (non-hydrogen) atoms. The molecule has 0 saturated carbocycles. The molecule has 0 amide bonds. The number of hydrogen-bond donors (Lipinski definition) is 1. The van der Waals surface area contributed by atoms with Gasteiger partial charge in [-0.15, -0.1) is 5.10 Å². The number of aromatic nitrogens is 2. The number of hydrogen-bond acceptors (Lipinski definition) is 5. The zero-order valence-electron chi connectivity index (χ0n) is 11.6. The third kappa shape index (κ3) is 2.51. The molecular weight excluding hydrogens is 259 g/mol. The first-order chi connectivity index (χ1) is 9.63. The minimum atomic E-state index is -0.253. The molecule has 1 aromatic carbocycles. The van der Waals surface area contributed by atoms with E-state index in [1.165, 1.54) is 12.1 Å². The van der Waals surface area contributed by atoms with Gasteiger partial charge in [0.05, 0.1) is 12.2 Å². The molecule has 6 heteroatoms. The first-order valence-electron chi connectivity index (χ1n) is 6.75. The standard InChI is InChI=1S/C14H17FN4O/c1-9(2)16-8-13-17-18-14(20-13)19-6-5-10-3-4-11(15)7-12(10)19/h3-4,7,9,16H,5-6,8H2,1-2H3. The Morgan fingerprint density at radius 3 is 3.05 bits per heavy atom. The fourth-order valence-corrected chi connectivity index (χ4v) is 2.27. The quantitative estimate of drug-likeness (QED) is 0.929. The zero-order valence-corrected chi connectivity index (χ0v) is 11.6. The molecule has 0 radical (unpaired) electrons. The predicted octanol–water partition coefficient (Wildman–Crippen LogP) is 2.40. The van der Waals surface area contributed by atoms with Crippen molar-refractivity contribution in [3.8, 4) is 0 Å². The lowest BCUT2D eigenvalue weighted by Gasteiger charge is -2.13. The average Bonchev–Trinajstić information content (AvgIpc) is 3.01. The molecule has 0 bridgehead atoms.